The van der Waals surface area contributed by atoms with Gasteiger partial charge < -0.3 is 10.1 Å². The van der Waals surface area contributed by atoms with Crippen molar-refractivity contribution < 1.29 is 22.7 Å². The van der Waals surface area contributed by atoms with E-state index in [-0.39, 0.29) is 12.5 Å². The molecule has 0 spiro atoms. The van der Waals surface area contributed by atoms with Crippen molar-refractivity contribution in [1.29, 1.82) is 0 Å². The second kappa shape index (κ2) is 5.69. The zero-order chi connectivity index (χ0) is 14.9. The van der Waals surface area contributed by atoms with E-state index in [1.54, 1.807) is 6.92 Å². The summed E-state index contributed by atoms with van der Waals surface area (Å²) in [6, 6.07) is -0.729. The van der Waals surface area contributed by atoms with Gasteiger partial charge >= 0.3 is 5.97 Å². The van der Waals surface area contributed by atoms with Crippen LogP contribution in [0.15, 0.2) is 0 Å². The van der Waals surface area contributed by atoms with Gasteiger partial charge in [0.15, 0.2) is 0 Å². The Morgan fingerprint density at radius 3 is 2.75 bits per heavy atom. The fourth-order valence-corrected chi connectivity index (χ4v) is 5.34. The van der Waals surface area contributed by atoms with Crippen molar-refractivity contribution in [2.75, 3.05) is 20.2 Å². The summed E-state index contributed by atoms with van der Waals surface area (Å²) >= 11 is 0. The van der Waals surface area contributed by atoms with Crippen LogP contribution in [0.4, 0.5) is 0 Å². The maximum Gasteiger partial charge on any atom is 0.310 e. The maximum atomic E-state index is 12.7. The first-order chi connectivity index (χ1) is 9.39. The summed E-state index contributed by atoms with van der Waals surface area (Å²) in [5.41, 5.74) is 0. The number of nitrogens with one attached hydrogen (secondary N) is 1. The van der Waals surface area contributed by atoms with Crippen LogP contribution in [0.5, 0.6) is 0 Å². The normalized spacial score (nSPS) is 31.9. The Hall–Kier alpha value is -1.15. The lowest BCUT2D eigenvalue weighted by Crippen LogP contribution is -2.58. The average molecular weight is 304 g/mol. The number of sulfonamides is 1. The molecule has 0 radical (unpaired) electrons. The molecule has 114 valence electrons. The first-order valence-corrected chi connectivity index (χ1v) is 8.26. The van der Waals surface area contributed by atoms with E-state index in [4.69, 9.17) is 4.74 Å². The summed E-state index contributed by atoms with van der Waals surface area (Å²) in [7, 11) is -2.41. The Balaban J connectivity index is 2.25. The number of ether oxygens (including phenoxy) is 1. The topological polar surface area (TPSA) is 92.8 Å². The third kappa shape index (κ3) is 2.54. The van der Waals surface area contributed by atoms with E-state index in [0.717, 1.165) is 0 Å². The SMILES string of the molecule is COC(=O)C1CCCC1S(=O)(=O)N1CCNC(=O)C1C. The number of esters is 1. The number of hydrogen-bond donors (Lipinski definition) is 1. The van der Waals surface area contributed by atoms with Crippen LogP contribution in [0.1, 0.15) is 26.2 Å². The Kier molecular flexibility index (Phi) is 4.33. The third-order valence-electron chi connectivity index (χ3n) is 4.11. The number of piperazine rings is 1. The minimum atomic E-state index is -3.68. The fourth-order valence-electron chi connectivity index (χ4n) is 2.99. The van der Waals surface area contributed by atoms with Gasteiger partial charge in [0.2, 0.25) is 15.9 Å². The Morgan fingerprint density at radius 2 is 2.10 bits per heavy atom. The molecule has 1 saturated carbocycles. The summed E-state index contributed by atoms with van der Waals surface area (Å²) in [6.45, 7) is 2.12. The van der Waals surface area contributed by atoms with Crippen LogP contribution in [0, 0.1) is 5.92 Å². The van der Waals surface area contributed by atoms with E-state index in [1.165, 1.54) is 11.4 Å². The number of rotatable bonds is 3. The van der Waals surface area contributed by atoms with E-state index in [0.29, 0.717) is 25.8 Å². The molecule has 2 aliphatic rings. The second-order valence-corrected chi connectivity index (χ2v) is 7.33. The van der Waals surface area contributed by atoms with Gasteiger partial charge in [-0.2, -0.15) is 4.31 Å². The van der Waals surface area contributed by atoms with Gasteiger partial charge in [0, 0.05) is 13.1 Å². The standard InChI is InChI=1S/C12H20N2O5S/c1-8-11(15)13-6-7-14(8)20(17,18)10-5-3-4-9(10)12(16)19-2/h8-10H,3-7H2,1-2H3,(H,13,15). The highest BCUT2D eigenvalue weighted by Gasteiger charge is 2.47. The monoisotopic (exact) mass is 304 g/mol. The van der Waals surface area contributed by atoms with E-state index in [2.05, 4.69) is 5.32 Å². The maximum absolute atomic E-state index is 12.7. The molecular formula is C12H20N2O5S. The van der Waals surface area contributed by atoms with Crippen LogP contribution in [0.25, 0.3) is 0 Å². The van der Waals surface area contributed by atoms with Crippen molar-refractivity contribution in [3.05, 3.63) is 0 Å². The number of carbonyl (C=O) groups excluding carboxylic acids is 2. The van der Waals surface area contributed by atoms with Crippen molar-refractivity contribution in [2.45, 2.75) is 37.5 Å². The molecule has 1 saturated heterocycles. The molecule has 1 N–H and O–H groups in total. The lowest BCUT2D eigenvalue weighted by atomic mass is 10.1. The van der Waals surface area contributed by atoms with Gasteiger partial charge in [-0.1, -0.05) is 6.42 Å². The molecule has 1 aliphatic carbocycles. The van der Waals surface area contributed by atoms with Crippen LogP contribution in [0.2, 0.25) is 0 Å². The van der Waals surface area contributed by atoms with Gasteiger partial charge in [-0.05, 0) is 19.8 Å². The minimum Gasteiger partial charge on any atom is -0.469 e. The molecule has 1 amide bonds. The zero-order valence-corrected chi connectivity index (χ0v) is 12.5. The quantitative estimate of drug-likeness (QED) is 0.708. The number of nitrogens with zero attached hydrogens (tertiary/aromatic N) is 1. The summed E-state index contributed by atoms with van der Waals surface area (Å²) in [5, 5.41) is 1.86. The van der Waals surface area contributed by atoms with Crippen LogP contribution >= 0.6 is 0 Å². The molecule has 7 nitrogen and oxygen atoms in total. The highest BCUT2D eigenvalue weighted by molar-refractivity contribution is 7.89. The van der Waals surface area contributed by atoms with Crippen LogP contribution in [-0.2, 0) is 24.3 Å². The van der Waals surface area contributed by atoms with Gasteiger partial charge in [-0.15, -0.1) is 0 Å². The molecule has 0 aromatic carbocycles. The Bertz CT molecular complexity index is 504. The van der Waals surface area contributed by atoms with Crippen LogP contribution < -0.4 is 5.32 Å². The van der Waals surface area contributed by atoms with E-state index >= 15 is 0 Å². The highest BCUT2D eigenvalue weighted by atomic mass is 32.2. The molecule has 0 bridgehead atoms. The largest absolute Gasteiger partial charge is 0.469 e. The van der Waals surface area contributed by atoms with Crippen molar-refractivity contribution in [3.8, 4) is 0 Å². The van der Waals surface area contributed by atoms with Crippen molar-refractivity contribution in [3.63, 3.8) is 0 Å². The Labute approximate surface area is 118 Å². The second-order valence-electron chi connectivity index (χ2n) is 5.22. The van der Waals surface area contributed by atoms with E-state index in [1.807, 2.05) is 0 Å². The number of hydrogen-bond acceptors (Lipinski definition) is 5. The van der Waals surface area contributed by atoms with Gasteiger partial charge in [0.05, 0.1) is 18.3 Å². The first kappa shape index (κ1) is 15.2. The van der Waals surface area contributed by atoms with Crippen molar-refractivity contribution >= 4 is 21.9 Å². The molecule has 3 unspecified atom stereocenters. The van der Waals surface area contributed by atoms with E-state index < -0.39 is 33.2 Å². The molecule has 20 heavy (non-hydrogen) atoms. The number of amides is 1. The summed E-state index contributed by atoms with van der Waals surface area (Å²) in [6.07, 6.45) is 1.63. The summed E-state index contributed by atoms with van der Waals surface area (Å²) in [5.74, 6) is -1.40. The molecule has 1 heterocycles. The average Bonchev–Trinajstić information content (AvgIpc) is 2.90. The number of carbonyl (C=O) groups is 2. The van der Waals surface area contributed by atoms with Crippen LogP contribution in [0.3, 0.4) is 0 Å². The van der Waals surface area contributed by atoms with Crippen molar-refractivity contribution in [1.82, 2.24) is 9.62 Å². The Morgan fingerprint density at radius 1 is 1.40 bits per heavy atom. The first-order valence-electron chi connectivity index (χ1n) is 6.75. The predicted molar refractivity (Wildman–Crippen MR) is 71.2 cm³/mol. The van der Waals surface area contributed by atoms with Crippen molar-refractivity contribution in [2.24, 2.45) is 5.92 Å². The molecule has 0 aromatic rings. The van der Waals surface area contributed by atoms with Crippen LogP contribution in [-0.4, -0.2) is 56.1 Å². The lowest BCUT2D eigenvalue weighted by molar-refractivity contribution is -0.145. The third-order valence-corrected chi connectivity index (χ3v) is 6.59. The van der Waals surface area contributed by atoms with Gasteiger partial charge in [-0.3, -0.25) is 9.59 Å². The molecule has 1 aliphatic heterocycles. The molecular weight excluding hydrogens is 284 g/mol. The number of methoxy groups -OCH3 is 1. The molecule has 0 aromatic heterocycles. The van der Waals surface area contributed by atoms with Gasteiger partial charge in [0.25, 0.3) is 0 Å². The zero-order valence-electron chi connectivity index (χ0n) is 11.7. The molecule has 2 fully saturated rings. The fraction of sp³-hybridized carbons (Fsp3) is 0.833. The molecule has 2 rings (SSSR count). The predicted octanol–water partition coefficient (Wildman–Crippen LogP) is -0.522. The van der Waals surface area contributed by atoms with Gasteiger partial charge in [0.1, 0.15) is 6.04 Å². The van der Waals surface area contributed by atoms with E-state index in [9.17, 15) is 18.0 Å². The summed E-state index contributed by atoms with van der Waals surface area (Å²) < 4.78 is 31.3. The molecule has 8 heteroatoms. The highest BCUT2D eigenvalue weighted by Crippen LogP contribution is 2.34. The minimum absolute atomic E-state index is 0.250. The molecule has 3 atom stereocenters. The lowest BCUT2D eigenvalue weighted by Gasteiger charge is -2.34. The summed E-state index contributed by atoms with van der Waals surface area (Å²) in [4.78, 5) is 23.3. The van der Waals surface area contributed by atoms with Gasteiger partial charge in [-0.25, -0.2) is 8.42 Å². The smallest absolute Gasteiger partial charge is 0.310 e.